The highest BCUT2D eigenvalue weighted by molar-refractivity contribution is 6.34. The van der Waals surface area contributed by atoms with Crippen LogP contribution in [0.3, 0.4) is 0 Å². The molecule has 12 heavy (non-hydrogen) atoms. The van der Waals surface area contributed by atoms with Gasteiger partial charge in [0.1, 0.15) is 16.2 Å². The molecule has 0 radical (unpaired) electrons. The minimum absolute atomic E-state index is 0.0543. The molecule has 0 aromatic carbocycles. The van der Waals surface area contributed by atoms with Crippen LogP contribution in [0, 0.1) is 0 Å². The number of hydrogen-bond donors (Lipinski definition) is 2. The van der Waals surface area contributed by atoms with Gasteiger partial charge in [-0.25, -0.2) is 4.79 Å². The average molecular weight is 187 g/mol. The van der Waals surface area contributed by atoms with Gasteiger partial charge in [0, 0.05) is 0 Å². The number of aromatic nitrogens is 2. The number of hydrogen-bond acceptors (Lipinski definition) is 3. The van der Waals surface area contributed by atoms with E-state index in [1.807, 2.05) is 0 Å². The molecule has 0 bridgehead atoms. The molecule has 0 fully saturated rings. The number of nitrogens with one attached hydrogen (secondary N) is 1. The van der Waals surface area contributed by atoms with Gasteiger partial charge in [0.25, 0.3) is 0 Å². The van der Waals surface area contributed by atoms with E-state index < -0.39 is 5.97 Å². The fourth-order valence-corrected chi connectivity index (χ4v) is 1.25. The molecule has 0 spiro atoms. The second kappa shape index (κ2) is 2.25. The summed E-state index contributed by atoms with van der Waals surface area (Å²) in [5.74, 6) is -1.14. The van der Waals surface area contributed by atoms with Gasteiger partial charge in [0.2, 0.25) is 5.58 Å². The highest BCUT2D eigenvalue weighted by atomic mass is 35.5. The van der Waals surface area contributed by atoms with E-state index in [0.717, 1.165) is 0 Å². The molecule has 0 atom stereocenters. The molecule has 2 rings (SSSR count). The predicted molar refractivity (Wildman–Crippen MR) is 40.3 cm³/mol. The van der Waals surface area contributed by atoms with Gasteiger partial charge >= 0.3 is 5.97 Å². The van der Waals surface area contributed by atoms with Crippen LogP contribution in [-0.2, 0) is 0 Å². The fraction of sp³-hybridized carbons (Fsp3) is 0. The molecule has 2 aromatic rings. The maximum Gasteiger partial charge on any atom is 0.342 e. The Morgan fingerprint density at radius 1 is 1.75 bits per heavy atom. The van der Waals surface area contributed by atoms with Crippen LogP contribution < -0.4 is 0 Å². The highest BCUT2D eigenvalue weighted by Crippen LogP contribution is 2.25. The normalized spacial score (nSPS) is 10.8. The Hall–Kier alpha value is -1.49. The lowest BCUT2D eigenvalue weighted by molar-refractivity contribution is 0.0697. The van der Waals surface area contributed by atoms with E-state index in [2.05, 4.69) is 14.7 Å². The zero-order valence-electron chi connectivity index (χ0n) is 5.67. The molecule has 0 aliphatic rings. The van der Waals surface area contributed by atoms with Gasteiger partial charge < -0.3 is 14.6 Å². The minimum atomic E-state index is -1.14. The van der Waals surface area contributed by atoms with Crippen molar-refractivity contribution in [2.75, 3.05) is 0 Å². The zero-order valence-corrected chi connectivity index (χ0v) is 6.42. The van der Waals surface area contributed by atoms with Gasteiger partial charge in [-0.05, 0) is 0 Å². The van der Waals surface area contributed by atoms with E-state index in [-0.39, 0.29) is 16.3 Å². The Labute approximate surface area is 70.9 Å². The van der Waals surface area contributed by atoms with Crippen molar-refractivity contribution in [2.24, 2.45) is 0 Å². The summed E-state index contributed by atoms with van der Waals surface area (Å²) < 4.78 is 4.68. The number of fused-ring (bicyclic) bond motifs is 1. The number of nitrogens with zero attached hydrogens (tertiary/aromatic N) is 1. The van der Waals surface area contributed by atoms with Gasteiger partial charge in [-0.15, -0.1) is 0 Å². The summed E-state index contributed by atoms with van der Waals surface area (Å²) in [6.07, 6.45) is 1.37. The van der Waals surface area contributed by atoms with Crippen molar-refractivity contribution in [3.05, 3.63) is 16.9 Å². The largest absolute Gasteiger partial charge is 0.477 e. The van der Waals surface area contributed by atoms with Crippen LogP contribution in [0.2, 0.25) is 5.15 Å². The molecule has 5 nitrogen and oxygen atoms in total. The summed E-state index contributed by atoms with van der Waals surface area (Å²) in [5, 5.41) is 12.2. The number of carboxylic acid groups (broad SMARTS) is 1. The van der Waals surface area contributed by atoms with Crippen molar-refractivity contribution in [2.45, 2.75) is 0 Å². The third-order valence-electron chi connectivity index (χ3n) is 1.48. The summed E-state index contributed by atoms with van der Waals surface area (Å²) in [6.45, 7) is 0. The Balaban J connectivity index is 2.84. The predicted octanol–water partition coefficient (Wildman–Crippen LogP) is 1.51. The lowest BCUT2D eigenvalue weighted by atomic mass is 10.3. The summed E-state index contributed by atoms with van der Waals surface area (Å²) in [7, 11) is 0. The Morgan fingerprint density at radius 2 is 2.50 bits per heavy atom. The summed E-state index contributed by atoms with van der Waals surface area (Å²) in [4.78, 5) is 13.2. The number of carboxylic acids is 1. The Kier molecular flexibility index (Phi) is 1.34. The number of aromatic carboxylic acids is 1. The number of aromatic amines is 1. The SMILES string of the molecule is O=C(O)c1c(Cl)[nH]c2cnoc12. The van der Waals surface area contributed by atoms with Gasteiger partial charge in [-0.2, -0.15) is 0 Å². The van der Waals surface area contributed by atoms with Crippen LogP contribution in [0.5, 0.6) is 0 Å². The number of rotatable bonds is 1. The number of carbonyl (C=O) groups is 1. The van der Waals surface area contributed by atoms with Crippen LogP contribution in [0.1, 0.15) is 10.4 Å². The number of halogens is 1. The van der Waals surface area contributed by atoms with Crippen LogP contribution in [-0.4, -0.2) is 21.2 Å². The molecule has 2 aromatic heterocycles. The van der Waals surface area contributed by atoms with Crippen molar-refractivity contribution in [1.29, 1.82) is 0 Å². The zero-order chi connectivity index (χ0) is 8.72. The van der Waals surface area contributed by atoms with E-state index in [1.54, 1.807) is 0 Å². The van der Waals surface area contributed by atoms with E-state index in [0.29, 0.717) is 5.52 Å². The van der Waals surface area contributed by atoms with E-state index in [9.17, 15) is 4.79 Å². The first-order chi connectivity index (χ1) is 5.70. The second-order valence-electron chi connectivity index (χ2n) is 2.19. The van der Waals surface area contributed by atoms with E-state index in [4.69, 9.17) is 16.7 Å². The second-order valence-corrected chi connectivity index (χ2v) is 2.57. The van der Waals surface area contributed by atoms with Crippen LogP contribution in [0.15, 0.2) is 10.7 Å². The molecule has 2 heterocycles. The van der Waals surface area contributed by atoms with Crippen molar-refractivity contribution >= 4 is 28.7 Å². The minimum Gasteiger partial charge on any atom is -0.477 e. The first kappa shape index (κ1) is 7.17. The summed E-state index contributed by atoms with van der Waals surface area (Å²) in [5.41, 5.74) is 0.578. The average Bonchev–Trinajstić information content (AvgIpc) is 2.44. The van der Waals surface area contributed by atoms with Crippen LogP contribution in [0.25, 0.3) is 11.1 Å². The monoisotopic (exact) mass is 186 g/mol. The van der Waals surface area contributed by atoms with Crippen molar-refractivity contribution in [3.63, 3.8) is 0 Å². The molecule has 0 amide bonds. The van der Waals surface area contributed by atoms with Gasteiger partial charge in [0.15, 0.2) is 0 Å². The number of H-pyrrole nitrogens is 1. The summed E-state index contributed by atoms with van der Waals surface area (Å²) >= 11 is 5.58. The molecule has 6 heteroatoms. The Morgan fingerprint density at radius 3 is 3.17 bits per heavy atom. The van der Waals surface area contributed by atoms with E-state index >= 15 is 0 Å². The smallest absolute Gasteiger partial charge is 0.342 e. The highest BCUT2D eigenvalue weighted by Gasteiger charge is 2.19. The summed E-state index contributed by atoms with van der Waals surface area (Å²) in [6, 6.07) is 0. The molecule has 2 N–H and O–H groups in total. The third-order valence-corrected chi connectivity index (χ3v) is 1.76. The molecule has 0 saturated carbocycles. The fourth-order valence-electron chi connectivity index (χ4n) is 0.980. The van der Waals surface area contributed by atoms with Crippen molar-refractivity contribution in [1.82, 2.24) is 10.1 Å². The molecule has 0 unspecified atom stereocenters. The molecule has 0 saturated heterocycles. The standard InChI is InChI=1S/C6H3ClN2O3/c7-5-3(6(10)11)4-2(9-5)1-8-12-4/h1,9H,(H,10,11). The quantitative estimate of drug-likeness (QED) is 0.708. The molecule has 62 valence electrons. The molecule has 0 aliphatic carbocycles. The van der Waals surface area contributed by atoms with Crippen molar-refractivity contribution < 1.29 is 14.4 Å². The topological polar surface area (TPSA) is 79.1 Å². The third kappa shape index (κ3) is 0.799. The lowest BCUT2D eigenvalue weighted by Crippen LogP contribution is -1.94. The first-order valence-electron chi connectivity index (χ1n) is 3.05. The van der Waals surface area contributed by atoms with Gasteiger partial charge in [-0.1, -0.05) is 16.8 Å². The maximum absolute atomic E-state index is 10.6. The molecular weight excluding hydrogens is 184 g/mol. The lowest BCUT2D eigenvalue weighted by Gasteiger charge is -1.86. The molecule has 0 aliphatic heterocycles. The van der Waals surface area contributed by atoms with Gasteiger partial charge in [-0.3, -0.25) is 0 Å². The van der Waals surface area contributed by atoms with Crippen LogP contribution >= 0.6 is 11.6 Å². The van der Waals surface area contributed by atoms with Gasteiger partial charge in [0.05, 0.1) is 6.20 Å². The Bertz CT molecular complexity index is 445. The van der Waals surface area contributed by atoms with Crippen molar-refractivity contribution in [3.8, 4) is 0 Å². The molecular formula is C6H3ClN2O3. The maximum atomic E-state index is 10.6. The first-order valence-corrected chi connectivity index (χ1v) is 3.43. The van der Waals surface area contributed by atoms with E-state index in [1.165, 1.54) is 6.20 Å². The van der Waals surface area contributed by atoms with Crippen LogP contribution in [0.4, 0.5) is 0 Å².